The Morgan fingerprint density at radius 2 is 1.89 bits per heavy atom. The van der Waals surface area contributed by atoms with Gasteiger partial charge in [0.2, 0.25) is 0 Å². The molecule has 28 heavy (non-hydrogen) atoms. The second-order valence-corrected chi connectivity index (χ2v) is 7.29. The molecule has 148 valence electrons. The second-order valence-electron chi connectivity index (χ2n) is 6.88. The predicted molar refractivity (Wildman–Crippen MR) is 109 cm³/mol. The van der Waals surface area contributed by atoms with Crippen LogP contribution in [0.3, 0.4) is 0 Å². The molecular weight excluding hydrogens is 378 g/mol. The minimum atomic E-state index is -0.0739. The molecule has 2 aromatic rings. The number of para-hydroxylation sites is 1. The number of carbonyl (C=O) groups excluding carboxylic acids is 2. The van der Waals surface area contributed by atoms with E-state index in [1.165, 1.54) is 0 Å². The van der Waals surface area contributed by atoms with Gasteiger partial charge in [0, 0.05) is 12.7 Å². The summed E-state index contributed by atoms with van der Waals surface area (Å²) < 4.78 is 5.13. The maximum Gasteiger partial charge on any atom is 0.279 e. The highest BCUT2D eigenvalue weighted by atomic mass is 35.5. The minimum absolute atomic E-state index is 0.0255. The highest BCUT2D eigenvalue weighted by Gasteiger charge is 2.26. The zero-order valence-electron chi connectivity index (χ0n) is 15.9. The molecule has 2 N–H and O–H groups in total. The van der Waals surface area contributed by atoms with Gasteiger partial charge in [-0.25, -0.2) is 0 Å². The van der Waals surface area contributed by atoms with Crippen molar-refractivity contribution >= 4 is 29.1 Å². The fourth-order valence-corrected chi connectivity index (χ4v) is 3.51. The number of carbonyl (C=O) groups is 2. The first-order valence-corrected chi connectivity index (χ1v) is 9.69. The summed E-state index contributed by atoms with van der Waals surface area (Å²) in [6.45, 7) is 3.57. The Kier molecular flexibility index (Phi) is 7.03. The van der Waals surface area contributed by atoms with E-state index >= 15 is 0 Å². The molecule has 7 heteroatoms. The summed E-state index contributed by atoms with van der Waals surface area (Å²) in [5.74, 6) is -0.0485. The first-order valence-electron chi connectivity index (χ1n) is 9.32. The van der Waals surface area contributed by atoms with Gasteiger partial charge < -0.3 is 19.9 Å². The quantitative estimate of drug-likeness (QED) is 0.769. The summed E-state index contributed by atoms with van der Waals surface area (Å²) in [5.41, 5.74) is 2.28. The third kappa shape index (κ3) is 5.32. The number of hydrogen-bond donors (Lipinski definition) is 2. The van der Waals surface area contributed by atoms with Gasteiger partial charge in [-0.3, -0.25) is 9.59 Å². The van der Waals surface area contributed by atoms with Crippen molar-refractivity contribution in [2.24, 2.45) is 0 Å². The lowest BCUT2D eigenvalue weighted by Crippen LogP contribution is -3.15. The van der Waals surface area contributed by atoms with Crippen LogP contribution in [-0.2, 0) is 16.1 Å². The van der Waals surface area contributed by atoms with Crippen molar-refractivity contribution in [3.8, 4) is 0 Å². The minimum Gasteiger partial charge on any atom is -0.380 e. The molecule has 1 fully saturated rings. The van der Waals surface area contributed by atoms with Gasteiger partial charge in [0.05, 0.1) is 43.5 Å². The Balaban J connectivity index is 1.50. The lowest BCUT2D eigenvalue weighted by Gasteiger charge is -2.32. The molecule has 1 aliphatic heterocycles. The van der Waals surface area contributed by atoms with Crippen LogP contribution >= 0.6 is 11.6 Å². The number of quaternary nitrogens is 1. The van der Waals surface area contributed by atoms with E-state index in [0.29, 0.717) is 42.5 Å². The normalized spacial score (nSPS) is 14.7. The molecule has 0 aromatic heterocycles. The fraction of sp³-hybridized carbons (Fsp3) is 0.333. The van der Waals surface area contributed by atoms with E-state index in [4.69, 9.17) is 16.3 Å². The predicted octanol–water partition coefficient (Wildman–Crippen LogP) is 1.47. The van der Waals surface area contributed by atoms with E-state index in [1.807, 2.05) is 41.3 Å². The molecule has 0 aliphatic carbocycles. The molecule has 6 nitrogen and oxygen atoms in total. The van der Waals surface area contributed by atoms with Gasteiger partial charge in [-0.05, 0) is 29.8 Å². The molecule has 0 radical (unpaired) electrons. The lowest BCUT2D eigenvalue weighted by atomic mass is 10.1. The number of nitrogens with zero attached hydrogens (tertiary/aromatic N) is 1. The molecule has 0 unspecified atom stereocenters. The smallest absolute Gasteiger partial charge is 0.279 e. The van der Waals surface area contributed by atoms with Crippen molar-refractivity contribution in [1.29, 1.82) is 0 Å². The number of amides is 2. The Bertz CT molecular complexity index is 835. The number of methoxy groups -OCH3 is 1. The Labute approximate surface area is 170 Å². The van der Waals surface area contributed by atoms with Gasteiger partial charge in [0.1, 0.15) is 0 Å². The van der Waals surface area contributed by atoms with Crippen molar-refractivity contribution < 1.29 is 19.2 Å². The van der Waals surface area contributed by atoms with Crippen molar-refractivity contribution in [3.05, 3.63) is 64.7 Å². The summed E-state index contributed by atoms with van der Waals surface area (Å²) in [4.78, 5) is 28.0. The maximum atomic E-state index is 12.7. The molecule has 0 spiro atoms. The van der Waals surface area contributed by atoms with Crippen molar-refractivity contribution in [2.75, 3.05) is 45.2 Å². The van der Waals surface area contributed by atoms with Crippen LogP contribution in [0, 0.1) is 0 Å². The van der Waals surface area contributed by atoms with Gasteiger partial charge in [-0.2, -0.15) is 0 Å². The second kappa shape index (κ2) is 9.68. The average Bonchev–Trinajstić information content (AvgIpc) is 2.70. The molecular formula is C21H25ClN3O3+. The summed E-state index contributed by atoms with van der Waals surface area (Å²) in [5, 5.41) is 3.38. The maximum absolute atomic E-state index is 12.7. The molecule has 1 heterocycles. The lowest BCUT2D eigenvalue weighted by molar-refractivity contribution is -0.895. The highest BCUT2D eigenvalue weighted by Crippen LogP contribution is 2.19. The van der Waals surface area contributed by atoms with Crippen LogP contribution in [0.5, 0.6) is 0 Å². The van der Waals surface area contributed by atoms with Gasteiger partial charge in [-0.1, -0.05) is 35.9 Å². The number of piperazine rings is 1. The van der Waals surface area contributed by atoms with Crippen molar-refractivity contribution in [1.82, 2.24) is 4.90 Å². The third-order valence-corrected chi connectivity index (χ3v) is 5.13. The van der Waals surface area contributed by atoms with Crippen LogP contribution in [0.4, 0.5) is 5.69 Å². The Morgan fingerprint density at radius 1 is 1.14 bits per heavy atom. The van der Waals surface area contributed by atoms with Crippen LogP contribution in [0.2, 0.25) is 5.02 Å². The largest absolute Gasteiger partial charge is 0.380 e. The molecule has 2 amide bonds. The number of anilines is 1. The number of ether oxygens (including phenoxy) is 1. The molecule has 3 rings (SSSR count). The van der Waals surface area contributed by atoms with E-state index in [9.17, 15) is 9.59 Å². The molecule has 1 saturated heterocycles. The monoisotopic (exact) mass is 402 g/mol. The fourth-order valence-electron chi connectivity index (χ4n) is 3.33. The zero-order chi connectivity index (χ0) is 19.9. The van der Waals surface area contributed by atoms with Crippen LogP contribution in [0.25, 0.3) is 0 Å². The number of hydrogen-bond acceptors (Lipinski definition) is 3. The van der Waals surface area contributed by atoms with E-state index in [2.05, 4.69) is 5.32 Å². The van der Waals surface area contributed by atoms with E-state index in [-0.39, 0.29) is 11.8 Å². The van der Waals surface area contributed by atoms with Crippen LogP contribution in [-0.4, -0.2) is 56.5 Å². The highest BCUT2D eigenvalue weighted by molar-refractivity contribution is 6.33. The summed E-state index contributed by atoms with van der Waals surface area (Å²) >= 11 is 6.08. The van der Waals surface area contributed by atoms with Gasteiger partial charge >= 0.3 is 0 Å². The number of nitrogens with one attached hydrogen (secondary N) is 2. The number of halogens is 1. The van der Waals surface area contributed by atoms with Crippen LogP contribution in [0.1, 0.15) is 15.9 Å². The molecule has 0 atom stereocenters. The summed E-state index contributed by atoms with van der Waals surface area (Å²) in [7, 11) is 1.64. The van der Waals surface area contributed by atoms with Gasteiger partial charge in [0.15, 0.2) is 6.54 Å². The van der Waals surface area contributed by atoms with Crippen molar-refractivity contribution in [2.45, 2.75) is 6.61 Å². The zero-order valence-corrected chi connectivity index (χ0v) is 16.7. The summed E-state index contributed by atoms with van der Waals surface area (Å²) in [6, 6.07) is 14.7. The van der Waals surface area contributed by atoms with Gasteiger partial charge in [0.25, 0.3) is 11.8 Å². The SMILES string of the molecule is COCc1cccc(C(=O)N2CC[NH+](CC(=O)Nc3ccccc3Cl)CC2)c1. The number of benzene rings is 2. The molecule has 2 aromatic carbocycles. The average molecular weight is 403 g/mol. The Morgan fingerprint density at radius 3 is 2.61 bits per heavy atom. The first-order chi connectivity index (χ1) is 13.6. The van der Waals surface area contributed by atoms with E-state index < -0.39 is 0 Å². The van der Waals surface area contributed by atoms with Gasteiger partial charge in [-0.15, -0.1) is 0 Å². The van der Waals surface area contributed by atoms with Crippen LogP contribution < -0.4 is 10.2 Å². The van der Waals surface area contributed by atoms with E-state index in [0.717, 1.165) is 23.6 Å². The standard InChI is InChI=1S/C21H24ClN3O3/c1-28-15-16-5-4-6-17(13-16)21(27)25-11-9-24(10-12-25)14-20(26)23-19-8-3-2-7-18(19)22/h2-8,13H,9-12,14-15H2,1H3,(H,23,26)/p+1. The first kappa shape index (κ1) is 20.3. The Hall–Kier alpha value is -2.41. The number of rotatable bonds is 6. The van der Waals surface area contributed by atoms with Crippen molar-refractivity contribution in [3.63, 3.8) is 0 Å². The van der Waals surface area contributed by atoms with Crippen LogP contribution in [0.15, 0.2) is 48.5 Å². The molecule has 1 aliphatic rings. The third-order valence-electron chi connectivity index (χ3n) is 4.80. The van der Waals surface area contributed by atoms with E-state index in [1.54, 1.807) is 19.2 Å². The molecule has 0 bridgehead atoms. The molecule has 0 saturated carbocycles. The topological polar surface area (TPSA) is 63.1 Å². The summed E-state index contributed by atoms with van der Waals surface area (Å²) in [6.07, 6.45) is 0.